The topological polar surface area (TPSA) is 70.7 Å². The normalized spacial score (nSPS) is 22.4. The van der Waals surface area contributed by atoms with Gasteiger partial charge in [-0.05, 0) is 62.4 Å². The number of nitrogens with one attached hydrogen (secondary N) is 2. The molecule has 31 heavy (non-hydrogen) atoms. The average molecular weight is 503 g/mol. The fraction of sp³-hybridized carbons (Fsp3) is 0.625. The largest absolute Gasteiger partial charge is 0.506 e. The van der Waals surface area contributed by atoms with Crippen LogP contribution in [0.1, 0.15) is 67.3 Å². The smallest absolute Gasteiger partial charge is 0.251 e. The molecular formula is C24H36N3O3Y-. The summed E-state index contributed by atoms with van der Waals surface area (Å²) in [5.74, 6) is 0.329. The van der Waals surface area contributed by atoms with E-state index in [0.717, 1.165) is 64.8 Å². The number of ether oxygens (including phenoxy) is 1. The van der Waals surface area contributed by atoms with Crippen molar-refractivity contribution in [3.63, 3.8) is 0 Å². The summed E-state index contributed by atoms with van der Waals surface area (Å²) >= 11 is 0. The van der Waals surface area contributed by atoms with Crippen molar-refractivity contribution in [3.05, 3.63) is 41.9 Å². The first kappa shape index (κ1) is 26.4. The van der Waals surface area contributed by atoms with Gasteiger partial charge in [0, 0.05) is 58.0 Å². The molecule has 2 N–H and O–H groups in total. The second kappa shape index (κ2) is 13.7. The van der Waals surface area contributed by atoms with Crippen molar-refractivity contribution in [2.45, 2.75) is 57.4 Å². The Bertz CT molecular complexity index is 690. The molecule has 1 aromatic carbocycles. The summed E-state index contributed by atoms with van der Waals surface area (Å²) in [5, 5.41) is 5.91. The maximum absolute atomic E-state index is 12.8. The number of piperidine rings is 1. The van der Waals surface area contributed by atoms with Gasteiger partial charge in [0.2, 0.25) is 0 Å². The molecule has 2 amide bonds. The van der Waals surface area contributed by atoms with E-state index in [0.29, 0.717) is 11.5 Å². The SMILES string of the molecule is C[CH-]NC(=O)[C@@H]1CCCC[C@@H]1NC(=O)c1ccc(C2CCN(CCOC)CC2)cc1.[Y]. The van der Waals surface area contributed by atoms with Crippen LogP contribution in [-0.4, -0.2) is 56.1 Å². The van der Waals surface area contributed by atoms with Crippen LogP contribution >= 0.6 is 0 Å². The molecule has 1 heterocycles. The van der Waals surface area contributed by atoms with Gasteiger partial charge in [0.15, 0.2) is 5.91 Å². The van der Waals surface area contributed by atoms with E-state index in [1.54, 1.807) is 20.6 Å². The maximum atomic E-state index is 12.8. The number of benzene rings is 1. The van der Waals surface area contributed by atoms with Crippen LogP contribution in [0.25, 0.3) is 0 Å². The molecule has 0 unspecified atom stereocenters. The van der Waals surface area contributed by atoms with Crippen molar-refractivity contribution >= 4 is 11.8 Å². The maximum Gasteiger partial charge on any atom is 0.251 e. The van der Waals surface area contributed by atoms with Gasteiger partial charge in [0.1, 0.15) is 0 Å². The van der Waals surface area contributed by atoms with Crippen LogP contribution in [0.2, 0.25) is 0 Å². The van der Waals surface area contributed by atoms with Crippen LogP contribution in [0, 0.1) is 12.5 Å². The minimum atomic E-state index is -0.151. The van der Waals surface area contributed by atoms with E-state index in [4.69, 9.17) is 4.74 Å². The molecule has 1 aliphatic heterocycles. The van der Waals surface area contributed by atoms with Gasteiger partial charge >= 0.3 is 0 Å². The third-order valence-corrected chi connectivity index (χ3v) is 6.55. The van der Waals surface area contributed by atoms with E-state index < -0.39 is 0 Å². The van der Waals surface area contributed by atoms with Crippen molar-refractivity contribution in [1.29, 1.82) is 0 Å². The summed E-state index contributed by atoms with van der Waals surface area (Å²) in [6, 6.07) is 7.96. The summed E-state index contributed by atoms with van der Waals surface area (Å²) in [7, 11) is 1.75. The summed E-state index contributed by atoms with van der Waals surface area (Å²) in [6.07, 6.45) is 6.05. The van der Waals surface area contributed by atoms with Gasteiger partial charge in [-0.1, -0.05) is 25.0 Å². The molecule has 1 saturated carbocycles. The molecule has 2 aliphatic rings. The zero-order valence-electron chi connectivity index (χ0n) is 18.9. The Labute approximate surface area is 212 Å². The van der Waals surface area contributed by atoms with Gasteiger partial charge in [-0.15, -0.1) is 0 Å². The fourth-order valence-corrected chi connectivity index (χ4v) is 4.74. The first-order valence-electron chi connectivity index (χ1n) is 11.3. The molecule has 0 bridgehead atoms. The van der Waals surface area contributed by atoms with Gasteiger partial charge in [-0.25, -0.2) is 6.54 Å². The predicted octanol–water partition coefficient (Wildman–Crippen LogP) is 3.10. The van der Waals surface area contributed by atoms with Gasteiger partial charge in [0.25, 0.3) is 5.91 Å². The van der Waals surface area contributed by atoms with Gasteiger partial charge in [-0.2, -0.15) is 6.92 Å². The van der Waals surface area contributed by atoms with Crippen LogP contribution in [0.4, 0.5) is 0 Å². The molecule has 1 radical (unpaired) electrons. The molecule has 7 heteroatoms. The molecule has 3 rings (SSSR count). The van der Waals surface area contributed by atoms with E-state index >= 15 is 0 Å². The number of carbonyl (C=O) groups is 2. The van der Waals surface area contributed by atoms with Crippen molar-refractivity contribution < 1.29 is 47.0 Å². The summed E-state index contributed by atoms with van der Waals surface area (Å²) in [4.78, 5) is 27.6. The minimum Gasteiger partial charge on any atom is -0.506 e. The van der Waals surface area contributed by atoms with E-state index in [2.05, 4.69) is 27.7 Å². The molecule has 2 fully saturated rings. The quantitative estimate of drug-likeness (QED) is 0.535. The second-order valence-electron chi connectivity index (χ2n) is 8.50. The molecule has 6 nitrogen and oxygen atoms in total. The molecule has 0 aromatic heterocycles. The Hall–Kier alpha value is -0.816. The Morgan fingerprint density at radius 3 is 2.42 bits per heavy atom. The summed E-state index contributed by atoms with van der Waals surface area (Å²) in [5.41, 5.74) is 1.98. The first-order chi connectivity index (χ1) is 14.6. The molecule has 1 saturated heterocycles. The van der Waals surface area contributed by atoms with Crippen molar-refractivity contribution in [2.24, 2.45) is 5.92 Å². The van der Waals surface area contributed by atoms with Gasteiger partial charge < -0.3 is 20.3 Å². The zero-order chi connectivity index (χ0) is 21.3. The number of nitrogens with zero attached hydrogens (tertiary/aromatic N) is 1. The number of methoxy groups -OCH3 is 1. The van der Waals surface area contributed by atoms with Crippen LogP contribution < -0.4 is 10.6 Å². The standard InChI is InChI=1S/C24H36N3O3.Y/c1-3-25-24(29)21-6-4-5-7-22(21)26-23(28)20-10-8-18(9-11-20)19-12-14-27(15-13-19)16-17-30-2;/h3,8-11,19,21-22H,4-7,12-17H2,1-2H3,(H,25,29)(H,26,28);/q-1;/t21-,22+;/m1./s1. The van der Waals surface area contributed by atoms with Crippen LogP contribution in [0.3, 0.4) is 0 Å². The summed E-state index contributed by atoms with van der Waals surface area (Å²) in [6.45, 7) is 7.44. The van der Waals surface area contributed by atoms with Crippen molar-refractivity contribution in [3.8, 4) is 0 Å². The van der Waals surface area contributed by atoms with Crippen molar-refractivity contribution in [2.75, 3.05) is 33.4 Å². The van der Waals surface area contributed by atoms with E-state index in [-0.39, 0.29) is 56.5 Å². The van der Waals surface area contributed by atoms with E-state index in [1.807, 2.05) is 12.1 Å². The third-order valence-electron chi connectivity index (χ3n) is 6.55. The van der Waals surface area contributed by atoms with Crippen LogP contribution in [0.5, 0.6) is 0 Å². The molecular weight excluding hydrogens is 467 g/mol. The molecule has 1 aromatic rings. The Kier molecular flexibility index (Phi) is 11.7. The molecule has 2 atom stereocenters. The summed E-state index contributed by atoms with van der Waals surface area (Å²) < 4.78 is 5.17. The molecule has 169 valence electrons. The monoisotopic (exact) mass is 503 g/mol. The minimum absolute atomic E-state index is 0. The zero-order valence-corrected chi connectivity index (χ0v) is 21.8. The predicted molar refractivity (Wildman–Crippen MR) is 118 cm³/mol. The number of hydrogen-bond acceptors (Lipinski definition) is 4. The van der Waals surface area contributed by atoms with Gasteiger partial charge in [0.05, 0.1) is 12.5 Å². The Balaban J connectivity index is 0.00000341. The number of hydrogen-bond donors (Lipinski definition) is 2. The van der Waals surface area contributed by atoms with Crippen LogP contribution in [-0.2, 0) is 42.2 Å². The Morgan fingerprint density at radius 1 is 1.10 bits per heavy atom. The van der Waals surface area contributed by atoms with Crippen LogP contribution in [0.15, 0.2) is 24.3 Å². The van der Waals surface area contributed by atoms with Crippen molar-refractivity contribution in [1.82, 2.24) is 15.5 Å². The van der Waals surface area contributed by atoms with E-state index in [1.165, 1.54) is 5.56 Å². The third kappa shape index (κ3) is 7.62. The second-order valence-corrected chi connectivity index (χ2v) is 8.50. The number of carbonyl (C=O) groups excluding carboxylic acids is 2. The molecule has 0 spiro atoms. The number of likely N-dealkylation sites (tertiary alicyclic amines) is 1. The van der Waals surface area contributed by atoms with Gasteiger partial charge in [-0.3, -0.25) is 9.59 Å². The average Bonchev–Trinajstić information content (AvgIpc) is 2.78. The number of amides is 2. The Morgan fingerprint density at radius 2 is 1.77 bits per heavy atom. The number of rotatable bonds is 8. The van der Waals surface area contributed by atoms with E-state index in [9.17, 15) is 9.59 Å². The fourth-order valence-electron chi connectivity index (χ4n) is 4.74. The molecule has 1 aliphatic carbocycles. The first-order valence-corrected chi connectivity index (χ1v) is 11.3.